The Labute approximate surface area is 240 Å². The number of pyridine rings is 1. The third kappa shape index (κ3) is 5.96. The lowest BCUT2D eigenvalue weighted by Gasteiger charge is -2.32. The zero-order valence-electron chi connectivity index (χ0n) is 24.0. The maximum absolute atomic E-state index is 6.15. The quantitative estimate of drug-likeness (QED) is 0.397. The van der Waals surface area contributed by atoms with Gasteiger partial charge in [0.2, 0.25) is 5.88 Å². The number of hydrogen-bond donors (Lipinski definition) is 1. The highest BCUT2D eigenvalue weighted by Gasteiger charge is 2.21. The van der Waals surface area contributed by atoms with Gasteiger partial charge in [0.15, 0.2) is 5.82 Å². The fraction of sp³-hybridized carbons (Fsp3) is 0.400. The summed E-state index contributed by atoms with van der Waals surface area (Å²) >= 11 is 0. The van der Waals surface area contributed by atoms with E-state index in [1.165, 1.54) is 5.56 Å². The van der Waals surface area contributed by atoms with Crippen LogP contribution in [0.1, 0.15) is 18.9 Å². The second-order valence-electron chi connectivity index (χ2n) is 10.6. The zero-order valence-corrected chi connectivity index (χ0v) is 24.0. The third-order valence-electron chi connectivity index (χ3n) is 7.55. The van der Waals surface area contributed by atoms with Crippen LogP contribution in [0.3, 0.4) is 0 Å². The average molecular weight is 557 g/mol. The van der Waals surface area contributed by atoms with Crippen LogP contribution in [0.25, 0.3) is 22.5 Å². The van der Waals surface area contributed by atoms with Crippen molar-refractivity contribution in [2.24, 2.45) is 7.05 Å². The molecule has 1 saturated heterocycles. The van der Waals surface area contributed by atoms with Crippen LogP contribution in [0.4, 0.5) is 11.6 Å². The summed E-state index contributed by atoms with van der Waals surface area (Å²) in [6, 6.07) is 10.1. The van der Waals surface area contributed by atoms with Gasteiger partial charge in [-0.05, 0) is 31.7 Å². The molecule has 1 N–H and O–H groups in total. The van der Waals surface area contributed by atoms with Gasteiger partial charge >= 0.3 is 0 Å². The van der Waals surface area contributed by atoms with Crippen LogP contribution in [0.5, 0.6) is 17.4 Å². The highest BCUT2D eigenvalue weighted by molar-refractivity contribution is 5.82. The van der Waals surface area contributed by atoms with Crippen LogP contribution < -0.4 is 19.5 Å². The minimum atomic E-state index is -0.0527. The highest BCUT2D eigenvalue weighted by atomic mass is 16.5. The molecule has 1 aromatic carbocycles. The summed E-state index contributed by atoms with van der Waals surface area (Å²) < 4.78 is 19.9. The molecule has 1 fully saturated rings. The number of hydrogen-bond acceptors (Lipinski definition) is 10. The first-order valence-electron chi connectivity index (χ1n) is 14.0. The van der Waals surface area contributed by atoms with E-state index in [2.05, 4.69) is 50.4 Å². The molecule has 1 atom stereocenters. The lowest BCUT2D eigenvalue weighted by atomic mass is 10.0. The third-order valence-corrected chi connectivity index (χ3v) is 7.55. The molecule has 4 bridgehead atoms. The smallest absolute Gasteiger partial charge is 0.222 e. The molecule has 0 aliphatic carbocycles. The SMILES string of the molecule is COc1cc(CN2CCN(C)CC2)ccc1-c1cnc2nc1Nc1cc(ccn1)O[C@@H](C)CCOc1c-2cnn1C. The Hall–Kier alpha value is -4.22. The fourth-order valence-electron chi connectivity index (χ4n) is 5.16. The van der Waals surface area contributed by atoms with Gasteiger partial charge in [0.1, 0.15) is 28.7 Å². The van der Waals surface area contributed by atoms with Crippen molar-refractivity contribution >= 4 is 11.6 Å². The van der Waals surface area contributed by atoms with E-state index in [4.69, 9.17) is 24.2 Å². The molecule has 41 heavy (non-hydrogen) atoms. The molecule has 2 aliphatic rings. The van der Waals surface area contributed by atoms with Crippen molar-refractivity contribution in [3.8, 4) is 39.9 Å². The monoisotopic (exact) mass is 556 g/mol. The highest BCUT2D eigenvalue weighted by Crippen LogP contribution is 2.38. The lowest BCUT2D eigenvalue weighted by molar-refractivity contribution is 0.148. The summed E-state index contributed by atoms with van der Waals surface area (Å²) in [5.41, 5.74) is 3.59. The number of aryl methyl sites for hydroxylation is 1. The average Bonchev–Trinajstić information content (AvgIpc) is 3.34. The fourth-order valence-corrected chi connectivity index (χ4v) is 5.16. The van der Waals surface area contributed by atoms with Crippen molar-refractivity contribution in [1.29, 1.82) is 0 Å². The number of methoxy groups -OCH3 is 1. The van der Waals surface area contributed by atoms with Crippen LogP contribution >= 0.6 is 0 Å². The van der Waals surface area contributed by atoms with Gasteiger partial charge in [-0.25, -0.2) is 19.6 Å². The molecule has 5 heterocycles. The van der Waals surface area contributed by atoms with Gasteiger partial charge in [-0.1, -0.05) is 12.1 Å². The maximum Gasteiger partial charge on any atom is 0.222 e. The van der Waals surface area contributed by atoms with Crippen LogP contribution in [0.2, 0.25) is 0 Å². The van der Waals surface area contributed by atoms with Gasteiger partial charge in [-0.3, -0.25) is 4.90 Å². The Morgan fingerprint density at radius 1 is 1.00 bits per heavy atom. The number of aromatic nitrogens is 5. The second-order valence-corrected chi connectivity index (χ2v) is 10.6. The van der Waals surface area contributed by atoms with Gasteiger partial charge in [0.25, 0.3) is 0 Å². The number of nitrogens with zero attached hydrogens (tertiary/aromatic N) is 7. The van der Waals surface area contributed by atoms with E-state index in [1.54, 1.807) is 24.2 Å². The molecule has 0 unspecified atom stereocenters. The lowest BCUT2D eigenvalue weighted by Crippen LogP contribution is -2.43. The summed E-state index contributed by atoms with van der Waals surface area (Å²) in [5.74, 6) is 3.79. The Balaban J connectivity index is 1.40. The molecular weight excluding hydrogens is 520 g/mol. The Morgan fingerprint density at radius 3 is 2.68 bits per heavy atom. The van der Waals surface area contributed by atoms with Gasteiger partial charge < -0.3 is 24.4 Å². The minimum Gasteiger partial charge on any atom is -0.496 e. The van der Waals surface area contributed by atoms with Crippen molar-refractivity contribution in [1.82, 2.24) is 34.5 Å². The van der Waals surface area contributed by atoms with E-state index in [9.17, 15) is 0 Å². The van der Waals surface area contributed by atoms with Gasteiger partial charge in [-0.15, -0.1) is 0 Å². The molecular formula is C30H36N8O3. The molecule has 11 heteroatoms. The van der Waals surface area contributed by atoms with Gasteiger partial charge in [-0.2, -0.15) is 5.10 Å². The molecule has 0 spiro atoms. The number of likely N-dealkylation sites (N-methyl/N-ethyl adjacent to an activating group) is 1. The zero-order chi connectivity index (χ0) is 28.3. The summed E-state index contributed by atoms with van der Waals surface area (Å²) in [6.45, 7) is 7.64. The summed E-state index contributed by atoms with van der Waals surface area (Å²) in [6.07, 6.45) is 5.91. The molecule has 0 radical (unpaired) electrons. The number of benzene rings is 1. The molecule has 0 amide bonds. The van der Waals surface area contributed by atoms with Crippen molar-refractivity contribution in [3.63, 3.8) is 0 Å². The van der Waals surface area contributed by atoms with E-state index >= 15 is 0 Å². The summed E-state index contributed by atoms with van der Waals surface area (Å²) in [7, 11) is 5.71. The number of ether oxygens (including phenoxy) is 3. The molecule has 0 saturated carbocycles. The first-order valence-corrected chi connectivity index (χ1v) is 14.0. The molecule has 214 valence electrons. The predicted octanol–water partition coefficient (Wildman–Crippen LogP) is 3.99. The van der Waals surface area contributed by atoms with Crippen LogP contribution in [0, 0.1) is 0 Å². The molecule has 3 aromatic heterocycles. The van der Waals surface area contributed by atoms with Crippen molar-refractivity contribution in [3.05, 3.63) is 54.5 Å². The minimum absolute atomic E-state index is 0.0527. The molecule has 11 nitrogen and oxygen atoms in total. The number of piperazine rings is 1. The Kier molecular flexibility index (Phi) is 7.71. The predicted molar refractivity (Wildman–Crippen MR) is 157 cm³/mol. The van der Waals surface area contributed by atoms with Crippen LogP contribution in [0.15, 0.2) is 48.9 Å². The van der Waals surface area contributed by atoms with Crippen molar-refractivity contribution < 1.29 is 14.2 Å². The molecule has 6 rings (SSSR count). The number of anilines is 2. The standard InChI is InChI=1S/C30H36N8O3/c1-20-8-14-40-30-25(18-33-37(30)3)28-32-17-24(29(35-28)34-27-16-22(41-20)7-9-31-27)23-6-5-21(15-26(23)39-4)19-38-12-10-36(2)11-13-38/h5-7,9,15-18,20H,8,10-14,19H2,1-4H3,(H,31,32,34,35)/t20-/m0/s1. The Morgan fingerprint density at radius 2 is 1.85 bits per heavy atom. The normalized spacial score (nSPS) is 17.9. The van der Waals surface area contributed by atoms with E-state index in [-0.39, 0.29) is 6.10 Å². The van der Waals surface area contributed by atoms with Crippen LogP contribution in [-0.2, 0) is 13.6 Å². The topological polar surface area (TPSA) is 103 Å². The Bertz CT molecular complexity index is 1520. The summed E-state index contributed by atoms with van der Waals surface area (Å²) in [5, 5.41) is 7.83. The van der Waals surface area contributed by atoms with E-state index in [1.807, 2.05) is 32.3 Å². The molecule has 4 aromatic rings. The van der Waals surface area contributed by atoms with Crippen LogP contribution in [-0.4, -0.2) is 87.6 Å². The van der Waals surface area contributed by atoms with Crippen molar-refractivity contribution in [2.75, 3.05) is 52.3 Å². The van der Waals surface area contributed by atoms with E-state index in [0.29, 0.717) is 41.9 Å². The summed E-state index contributed by atoms with van der Waals surface area (Å²) in [4.78, 5) is 19.1. The maximum atomic E-state index is 6.15. The van der Waals surface area contributed by atoms with E-state index in [0.717, 1.165) is 55.3 Å². The number of fused-ring (bicyclic) bond motifs is 6. The van der Waals surface area contributed by atoms with E-state index < -0.39 is 0 Å². The van der Waals surface area contributed by atoms with Gasteiger partial charge in [0, 0.05) is 75.8 Å². The van der Waals surface area contributed by atoms with Crippen molar-refractivity contribution in [2.45, 2.75) is 26.0 Å². The first kappa shape index (κ1) is 27.0. The first-order chi connectivity index (χ1) is 20.0. The number of rotatable bonds is 4. The molecule has 2 aliphatic heterocycles. The van der Waals surface area contributed by atoms with Gasteiger partial charge in [0.05, 0.1) is 26.0 Å². The number of nitrogens with one attached hydrogen (secondary N) is 1. The largest absolute Gasteiger partial charge is 0.496 e. The second kappa shape index (κ2) is 11.7.